The SMILES string of the molecule is COc1cc(/C=C/C(=O)Nc2nnc([C@@H]3CCCO3)s2)ccc1OC(C)C. The molecule has 144 valence electrons. The van der Waals surface area contributed by atoms with Gasteiger partial charge in [0.05, 0.1) is 13.2 Å². The van der Waals surface area contributed by atoms with Crippen molar-refractivity contribution in [2.45, 2.75) is 38.9 Å². The van der Waals surface area contributed by atoms with Crippen LogP contribution in [0.4, 0.5) is 5.13 Å². The molecular weight excluding hydrogens is 366 g/mol. The largest absolute Gasteiger partial charge is 0.493 e. The Morgan fingerprint density at radius 1 is 1.37 bits per heavy atom. The van der Waals surface area contributed by atoms with Crippen LogP contribution in [0, 0.1) is 0 Å². The average molecular weight is 389 g/mol. The molecule has 1 aromatic heterocycles. The second kappa shape index (κ2) is 8.96. The van der Waals surface area contributed by atoms with Crippen LogP contribution in [0.1, 0.15) is 43.4 Å². The smallest absolute Gasteiger partial charge is 0.250 e. The third-order valence-electron chi connectivity index (χ3n) is 3.85. The molecule has 0 spiro atoms. The van der Waals surface area contributed by atoms with Gasteiger partial charge >= 0.3 is 0 Å². The summed E-state index contributed by atoms with van der Waals surface area (Å²) in [6.07, 6.45) is 5.18. The molecule has 8 heteroatoms. The Bertz CT molecular complexity index is 813. The Balaban J connectivity index is 1.61. The van der Waals surface area contributed by atoms with Crippen molar-refractivity contribution in [1.29, 1.82) is 0 Å². The minimum absolute atomic E-state index is 0.00253. The summed E-state index contributed by atoms with van der Waals surface area (Å²) in [6.45, 7) is 4.66. The number of anilines is 1. The average Bonchev–Trinajstić information content (AvgIpc) is 3.32. The topological polar surface area (TPSA) is 82.6 Å². The van der Waals surface area contributed by atoms with Gasteiger partial charge in [0.2, 0.25) is 11.0 Å². The summed E-state index contributed by atoms with van der Waals surface area (Å²) in [4.78, 5) is 12.1. The maximum Gasteiger partial charge on any atom is 0.250 e. The molecule has 0 saturated carbocycles. The second-order valence-corrected chi connectivity index (χ2v) is 7.36. The third kappa shape index (κ3) is 5.27. The zero-order valence-corrected chi connectivity index (χ0v) is 16.4. The van der Waals surface area contributed by atoms with Gasteiger partial charge in [0.15, 0.2) is 11.5 Å². The van der Waals surface area contributed by atoms with Crippen LogP contribution in [0.3, 0.4) is 0 Å². The van der Waals surface area contributed by atoms with Gasteiger partial charge in [-0.05, 0) is 50.5 Å². The molecule has 1 aliphatic heterocycles. The fraction of sp³-hybridized carbons (Fsp3) is 0.421. The van der Waals surface area contributed by atoms with Gasteiger partial charge in [-0.2, -0.15) is 0 Å². The fourth-order valence-corrected chi connectivity index (χ4v) is 3.48. The minimum atomic E-state index is -0.272. The Labute approximate surface area is 162 Å². The van der Waals surface area contributed by atoms with Crippen LogP contribution in [0.25, 0.3) is 6.08 Å². The van der Waals surface area contributed by atoms with Crippen molar-refractivity contribution in [2.75, 3.05) is 19.0 Å². The Kier molecular flexibility index (Phi) is 6.41. The molecule has 0 aliphatic carbocycles. The molecule has 1 fully saturated rings. The van der Waals surface area contributed by atoms with Crippen molar-refractivity contribution in [3.63, 3.8) is 0 Å². The molecule has 0 unspecified atom stereocenters. The van der Waals surface area contributed by atoms with Crippen molar-refractivity contribution in [3.8, 4) is 11.5 Å². The molecule has 1 atom stereocenters. The van der Waals surface area contributed by atoms with Crippen molar-refractivity contribution in [1.82, 2.24) is 10.2 Å². The predicted molar refractivity (Wildman–Crippen MR) is 104 cm³/mol. The minimum Gasteiger partial charge on any atom is -0.493 e. The Hall–Kier alpha value is -2.45. The van der Waals surface area contributed by atoms with Gasteiger partial charge in [-0.1, -0.05) is 17.4 Å². The number of hydrogen-bond acceptors (Lipinski definition) is 7. The first kappa shape index (κ1) is 19.3. The van der Waals surface area contributed by atoms with Crippen molar-refractivity contribution >= 4 is 28.5 Å². The lowest BCUT2D eigenvalue weighted by Crippen LogP contribution is -2.07. The summed E-state index contributed by atoms with van der Waals surface area (Å²) in [5.41, 5.74) is 0.829. The van der Waals surface area contributed by atoms with Crippen LogP contribution in [-0.4, -0.2) is 35.9 Å². The van der Waals surface area contributed by atoms with E-state index >= 15 is 0 Å². The zero-order valence-electron chi connectivity index (χ0n) is 15.6. The summed E-state index contributed by atoms with van der Waals surface area (Å²) >= 11 is 1.34. The number of aromatic nitrogens is 2. The van der Waals surface area contributed by atoms with E-state index in [4.69, 9.17) is 14.2 Å². The van der Waals surface area contributed by atoms with E-state index in [1.165, 1.54) is 17.4 Å². The van der Waals surface area contributed by atoms with Crippen molar-refractivity contribution in [3.05, 3.63) is 34.8 Å². The lowest BCUT2D eigenvalue weighted by atomic mass is 10.2. The first-order chi connectivity index (χ1) is 13.0. The number of ether oxygens (including phenoxy) is 3. The molecule has 2 aromatic rings. The molecule has 1 saturated heterocycles. The van der Waals surface area contributed by atoms with E-state index in [0.29, 0.717) is 16.6 Å². The molecule has 27 heavy (non-hydrogen) atoms. The first-order valence-electron chi connectivity index (χ1n) is 8.84. The number of nitrogens with one attached hydrogen (secondary N) is 1. The highest BCUT2D eigenvalue weighted by molar-refractivity contribution is 7.15. The predicted octanol–water partition coefficient (Wildman–Crippen LogP) is 3.84. The van der Waals surface area contributed by atoms with Gasteiger partial charge in [-0.25, -0.2) is 0 Å². The molecule has 1 aliphatic rings. The van der Waals surface area contributed by atoms with E-state index in [-0.39, 0.29) is 18.1 Å². The van der Waals surface area contributed by atoms with Crippen LogP contribution >= 0.6 is 11.3 Å². The number of methoxy groups -OCH3 is 1. The first-order valence-corrected chi connectivity index (χ1v) is 9.65. The number of nitrogens with zero attached hydrogens (tertiary/aromatic N) is 2. The molecular formula is C19H23N3O4S. The lowest BCUT2D eigenvalue weighted by Gasteiger charge is -2.13. The van der Waals surface area contributed by atoms with Crippen LogP contribution < -0.4 is 14.8 Å². The van der Waals surface area contributed by atoms with Crippen LogP contribution in [0.5, 0.6) is 11.5 Å². The van der Waals surface area contributed by atoms with Crippen molar-refractivity contribution < 1.29 is 19.0 Å². The molecule has 0 bridgehead atoms. The van der Waals surface area contributed by atoms with Gasteiger partial charge < -0.3 is 14.2 Å². The summed E-state index contributed by atoms with van der Waals surface area (Å²) in [7, 11) is 1.59. The summed E-state index contributed by atoms with van der Waals surface area (Å²) in [5, 5.41) is 12.1. The highest BCUT2D eigenvalue weighted by Gasteiger charge is 2.22. The van der Waals surface area contributed by atoms with E-state index in [1.807, 2.05) is 32.0 Å². The maximum atomic E-state index is 12.1. The number of rotatable bonds is 7. The van der Waals surface area contributed by atoms with Crippen molar-refractivity contribution in [2.24, 2.45) is 0 Å². The fourth-order valence-electron chi connectivity index (χ4n) is 2.65. The quantitative estimate of drug-likeness (QED) is 0.725. The monoisotopic (exact) mass is 389 g/mol. The van der Waals surface area contributed by atoms with Crippen LogP contribution in [0.2, 0.25) is 0 Å². The second-order valence-electron chi connectivity index (χ2n) is 6.35. The van der Waals surface area contributed by atoms with Gasteiger partial charge in [0, 0.05) is 12.7 Å². The molecule has 0 radical (unpaired) electrons. The van der Waals surface area contributed by atoms with E-state index in [0.717, 1.165) is 30.0 Å². The van der Waals surface area contributed by atoms with Crippen LogP contribution in [-0.2, 0) is 9.53 Å². The van der Waals surface area contributed by atoms with E-state index in [9.17, 15) is 4.79 Å². The number of carbonyl (C=O) groups is 1. The molecule has 1 aromatic carbocycles. The summed E-state index contributed by atoms with van der Waals surface area (Å²) in [6, 6.07) is 5.52. The standard InChI is InChI=1S/C19H23N3O4S/c1-12(2)26-14-8-6-13(11-16(14)24-3)7-9-17(23)20-19-22-21-18(27-19)15-5-4-10-25-15/h6-9,11-12,15H,4-5,10H2,1-3H3,(H,20,22,23)/b9-7+/t15-/m0/s1. The number of amides is 1. The zero-order chi connectivity index (χ0) is 19.2. The van der Waals surface area contributed by atoms with Gasteiger partial charge in [0.1, 0.15) is 11.1 Å². The van der Waals surface area contributed by atoms with E-state index in [2.05, 4.69) is 15.5 Å². The van der Waals surface area contributed by atoms with Crippen LogP contribution in [0.15, 0.2) is 24.3 Å². The highest BCUT2D eigenvalue weighted by Crippen LogP contribution is 2.32. The van der Waals surface area contributed by atoms with Gasteiger partial charge in [0.25, 0.3) is 0 Å². The summed E-state index contributed by atoms with van der Waals surface area (Å²) < 4.78 is 16.6. The number of carbonyl (C=O) groups excluding carboxylic acids is 1. The Morgan fingerprint density at radius 2 is 2.22 bits per heavy atom. The van der Waals surface area contributed by atoms with Gasteiger partial charge in [-0.15, -0.1) is 10.2 Å². The molecule has 2 heterocycles. The van der Waals surface area contributed by atoms with Gasteiger partial charge in [-0.3, -0.25) is 10.1 Å². The number of hydrogen-bond donors (Lipinski definition) is 1. The molecule has 1 amide bonds. The normalized spacial score (nSPS) is 16.8. The molecule has 3 rings (SSSR count). The van der Waals surface area contributed by atoms with E-state index in [1.54, 1.807) is 13.2 Å². The Morgan fingerprint density at radius 3 is 2.93 bits per heavy atom. The summed E-state index contributed by atoms with van der Waals surface area (Å²) in [5.74, 6) is 1.02. The maximum absolute atomic E-state index is 12.1. The molecule has 1 N–H and O–H groups in total. The van der Waals surface area contributed by atoms with E-state index < -0.39 is 0 Å². The number of benzene rings is 1. The molecule has 7 nitrogen and oxygen atoms in total. The lowest BCUT2D eigenvalue weighted by molar-refractivity contribution is -0.111. The highest BCUT2D eigenvalue weighted by atomic mass is 32.1. The third-order valence-corrected chi connectivity index (χ3v) is 4.78.